The highest BCUT2D eigenvalue weighted by Crippen LogP contribution is 2.04. The molecule has 0 radical (unpaired) electrons. The van der Waals surface area contributed by atoms with Crippen molar-refractivity contribution in [1.29, 1.82) is 0 Å². The van der Waals surface area contributed by atoms with E-state index < -0.39 is 33.6 Å². The predicted octanol–water partition coefficient (Wildman–Crippen LogP) is -2.09. The molecule has 2 N–H and O–H groups in total. The minimum atomic E-state index is -3.32. The SMILES string of the molecule is CS(=O)(=O)CC(=O)NC1COCC1O. The number of carbonyl (C=O) groups is 1. The smallest absolute Gasteiger partial charge is 0.235 e. The summed E-state index contributed by atoms with van der Waals surface area (Å²) in [5.74, 6) is -1.17. The van der Waals surface area contributed by atoms with E-state index in [1.54, 1.807) is 0 Å². The Morgan fingerprint density at radius 1 is 1.57 bits per heavy atom. The summed E-state index contributed by atoms with van der Waals surface area (Å²) in [6.45, 7) is 0.389. The van der Waals surface area contributed by atoms with Crippen LogP contribution >= 0.6 is 0 Å². The first kappa shape index (κ1) is 11.4. The molecule has 6 nitrogen and oxygen atoms in total. The molecule has 0 aliphatic carbocycles. The number of aliphatic hydroxyl groups excluding tert-OH is 1. The Kier molecular flexibility index (Phi) is 3.46. The van der Waals surface area contributed by atoms with Gasteiger partial charge in [0.05, 0.1) is 25.4 Å². The Morgan fingerprint density at radius 2 is 2.21 bits per heavy atom. The van der Waals surface area contributed by atoms with Crippen LogP contribution < -0.4 is 5.32 Å². The largest absolute Gasteiger partial charge is 0.388 e. The second-order valence-electron chi connectivity index (χ2n) is 3.35. The van der Waals surface area contributed by atoms with Crippen molar-refractivity contribution in [2.75, 3.05) is 25.2 Å². The first-order valence-corrected chi connectivity index (χ1v) is 6.17. The van der Waals surface area contributed by atoms with Crippen LogP contribution in [0.3, 0.4) is 0 Å². The normalized spacial score (nSPS) is 27.6. The molecule has 1 heterocycles. The van der Waals surface area contributed by atoms with Gasteiger partial charge in [-0.25, -0.2) is 8.42 Å². The number of nitrogens with one attached hydrogen (secondary N) is 1. The van der Waals surface area contributed by atoms with E-state index in [1.165, 1.54) is 0 Å². The number of hydrogen-bond acceptors (Lipinski definition) is 5. The lowest BCUT2D eigenvalue weighted by Crippen LogP contribution is -2.44. The van der Waals surface area contributed by atoms with Crippen molar-refractivity contribution in [3.05, 3.63) is 0 Å². The molecule has 1 aliphatic rings. The van der Waals surface area contributed by atoms with Gasteiger partial charge in [-0.2, -0.15) is 0 Å². The summed E-state index contributed by atoms with van der Waals surface area (Å²) in [5.41, 5.74) is 0. The Hall–Kier alpha value is -0.660. The number of ether oxygens (including phenoxy) is 1. The van der Waals surface area contributed by atoms with Gasteiger partial charge in [0.2, 0.25) is 5.91 Å². The van der Waals surface area contributed by atoms with Gasteiger partial charge in [-0.3, -0.25) is 4.79 Å². The highest BCUT2D eigenvalue weighted by atomic mass is 32.2. The molecule has 14 heavy (non-hydrogen) atoms. The van der Waals surface area contributed by atoms with Gasteiger partial charge in [-0.1, -0.05) is 0 Å². The van der Waals surface area contributed by atoms with E-state index in [2.05, 4.69) is 5.32 Å². The van der Waals surface area contributed by atoms with Crippen LogP contribution in [0, 0.1) is 0 Å². The first-order valence-electron chi connectivity index (χ1n) is 4.11. The first-order chi connectivity index (χ1) is 6.38. The maximum absolute atomic E-state index is 11.1. The van der Waals surface area contributed by atoms with E-state index in [0.29, 0.717) is 0 Å². The molecular weight excluding hydrogens is 210 g/mol. The summed E-state index contributed by atoms with van der Waals surface area (Å²) in [6.07, 6.45) is 0.229. The van der Waals surface area contributed by atoms with Gasteiger partial charge in [-0.15, -0.1) is 0 Å². The van der Waals surface area contributed by atoms with Gasteiger partial charge in [0.25, 0.3) is 0 Å². The lowest BCUT2D eigenvalue weighted by atomic mass is 10.2. The highest BCUT2D eigenvalue weighted by molar-refractivity contribution is 7.91. The number of aliphatic hydroxyl groups is 1. The van der Waals surface area contributed by atoms with Crippen molar-refractivity contribution in [2.45, 2.75) is 12.1 Å². The summed E-state index contributed by atoms with van der Waals surface area (Å²) in [7, 11) is -3.32. The molecule has 0 bridgehead atoms. The molecule has 1 amide bonds. The molecule has 0 aromatic heterocycles. The van der Waals surface area contributed by atoms with Crippen LogP contribution in [0.15, 0.2) is 0 Å². The molecule has 1 rings (SSSR count). The van der Waals surface area contributed by atoms with Crippen LogP contribution in [0.2, 0.25) is 0 Å². The Bertz CT molecular complexity index is 312. The average molecular weight is 223 g/mol. The zero-order chi connectivity index (χ0) is 10.8. The van der Waals surface area contributed by atoms with Crippen LogP contribution in [-0.2, 0) is 19.4 Å². The van der Waals surface area contributed by atoms with Crippen molar-refractivity contribution < 1.29 is 23.1 Å². The fourth-order valence-corrected chi connectivity index (χ4v) is 1.73. The van der Waals surface area contributed by atoms with E-state index >= 15 is 0 Å². The molecule has 1 aliphatic heterocycles. The van der Waals surface area contributed by atoms with Crippen molar-refractivity contribution in [3.63, 3.8) is 0 Å². The third kappa shape index (κ3) is 3.60. The molecule has 2 atom stereocenters. The molecule has 1 fully saturated rings. The van der Waals surface area contributed by atoms with E-state index in [9.17, 15) is 18.3 Å². The quantitative estimate of drug-likeness (QED) is 0.572. The fraction of sp³-hybridized carbons (Fsp3) is 0.857. The molecular formula is C7H13NO5S. The summed E-state index contributed by atoms with van der Waals surface area (Å²) < 4.78 is 26.4. The Morgan fingerprint density at radius 3 is 2.64 bits per heavy atom. The summed E-state index contributed by atoms with van der Waals surface area (Å²) >= 11 is 0. The second kappa shape index (κ2) is 4.24. The Labute approximate surface area is 82.2 Å². The minimum absolute atomic E-state index is 0.170. The van der Waals surface area contributed by atoms with Gasteiger partial charge in [0, 0.05) is 6.26 Å². The summed E-state index contributed by atoms with van der Waals surface area (Å²) in [5, 5.41) is 11.6. The molecule has 7 heteroatoms. The number of rotatable bonds is 3. The third-order valence-corrected chi connectivity index (χ3v) is 2.58. The molecule has 2 unspecified atom stereocenters. The third-order valence-electron chi connectivity index (χ3n) is 1.79. The van der Waals surface area contributed by atoms with Crippen LogP contribution in [0.5, 0.6) is 0 Å². The van der Waals surface area contributed by atoms with Gasteiger partial charge in [0.15, 0.2) is 9.84 Å². The van der Waals surface area contributed by atoms with Crippen molar-refractivity contribution in [2.24, 2.45) is 0 Å². The maximum atomic E-state index is 11.1. The molecule has 0 aromatic carbocycles. The fourth-order valence-electron chi connectivity index (χ4n) is 1.17. The van der Waals surface area contributed by atoms with Crippen LogP contribution in [0.4, 0.5) is 0 Å². The Balaban J connectivity index is 2.41. The monoisotopic (exact) mass is 223 g/mol. The van der Waals surface area contributed by atoms with Gasteiger partial charge in [0.1, 0.15) is 5.75 Å². The lowest BCUT2D eigenvalue weighted by molar-refractivity contribution is -0.119. The van der Waals surface area contributed by atoms with Crippen LogP contribution in [0.1, 0.15) is 0 Å². The molecule has 0 aromatic rings. The van der Waals surface area contributed by atoms with E-state index in [0.717, 1.165) is 6.26 Å². The lowest BCUT2D eigenvalue weighted by Gasteiger charge is -2.13. The molecule has 82 valence electrons. The highest BCUT2D eigenvalue weighted by Gasteiger charge is 2.28. The number of carbonyl (C=O) groups excluding carboxylic acids is 1. The van der Waals surface area contributed by atoms with E-state index in [-0.39, 0.29) is 13.2 Å². The van der Waals surface area contributed by atoms with Crippen molar-refractivity contribution >= 4 is 15.7 Å². The molecule has 1 saturated heterocycles. The second-order valence-corrected chi connectivity index (χ2v) is 5.49. The van der Waals surface area contributed by atoms with Crippen LogP contribution in [-0.4, -0.2) is 56.8 Å². The molecule has 0 spiro atoms. The van der Waals surface area contributed by atoms with Crippen molar-refractivity contribution in [3.8, 4) is 0 Å². The summed E-state index contributed by atoms with van der Waals surface area (Å²) in [4.78, 5) is 11.1. The van der Waals surface area contributed by atoms with E-state index in [4.69, 9.17) is 4.74 Å². The van der Waals surface area contributed by atoms with Gasteiger partial charge in [-0.05, 0) is 0 Å². The average Bonchev–Trinajstić information content (AvgIpc) is 2.32. The summed E-state index contributed by atoms with van der Waals surface area (Å²) in [6, 6.07) is -0.496. The van der Waals surface area contributed by atoms with E-state index in [1.807, 2.05) is 0 Å². The number of amides is 1. The zero-order valence-electron chi connectivity index (χ0n) is 7.76. The maximum Gasteiger partial charge on any atom is 0.235 e. The minimum Gasteiger partial charge on any atom is -0.388 e. The number of hydrogen-bond donors (Lipinski definition) is 2. The van der Waals surface area contributed by atoms with Gasteiger partial charge >= 0.3 is 0 Å². The van der Waals surface area contributed by atoms with Crippen LogP contribution in [0.25, 0.3) is 0 Å². The van der Waals surface area contributed by atoms with Crippen molar-refractivity contribution in [1.82, 2.24) is 5.32 Å². The topological polar surface area (TPSA) is 92.7 Å². The zero-order valence-corrected chi connectivity index (χ0v) is 8.58. The standard InChI is InChI=1S/C7H13NO5S/c1-14(11,12)4-7(10)8-5-2-13-3-6(5)9/h5-6,9H,2-4H2,1H3,(H,8,10). The molecule has 0 saturated carbocycles. The predicted molar refractivity (Wildman–Crippen MR) is 48.5 cm³/mol. The van der Waals surface area contributed by atoms with Gasteiger partial charge < -0.3 is 15.2 Å². The number of sulfone groups is 1.